The van der Waals surface area contributed by atoms with Crippen LogP contribution in [0.3, 0.4) is 0 Å². The predicted molar refractivity (Wildman–Crippen MR) is 85.4 cm³/mol. The summed E-state index contributed by atoms with van der Waals surface area (Å²) in [4.78, 5) is 9.48. The minimum atomic E-state index is 0.768. The van der Waals surface area contributed by atoms with E-state index >= 15 is 0 Å². The number of nitrogens with zero attached hydrogens (tertiary/aromatic N) is 3. The van der Waals surface area contributed by atoms with Crippen LogP contribution in [0, 0.1) is 0 Å². The molecule has 4 nitrogen and oxygen atoms in total. The molecule has 0 bridgehead atoms. The van der Waals surface area contributed by atoms with Crippen molar-refractivity contribution in [3.05, 3.63) is 22.8 Å². The number of nitrogens with one attached hydrogen (secondary N) is 1. The Bertz CT molecular complexity index is 424. The van der Waals surface area contributed by atoms with Gasteiger partial charge >= 0.3 is 0 Å². The number of anilines is 1. The average Bonchev–Trinajstić information content (AvgIpc) is 2.64. The summed E-state index contributed by atoms with van der Waals surface area (Å²) in [7, 11) is 2.18. The Balaban J connectivity index is 2.00. The topological polar surface area (TPSA) is 31.4 Å². The lowest BCUT2D eigenvalue weighted by Gasteiger charge is -2.20. The summed E-state index contributed by atoms with van der Waals surface area (Å²) in [6.45, 7) is 8.44. The molecule has 0 spiro atoms. The first kappa shape index (κ1) is 15.5. The summed E-state index contributed by atoms with van der Waals surface area (Å²) >= 11 is 6.29. The number of halogens is 1. The van der Waals surface area contributed by atoms with Gasteiger partial charge < -0.3 is 10.2 Å². The Labute approximate surface area is 127 Å². The number of hydrogen-bond donors (Lipinski definition) is 1. The fraction of sp³-hybridized carbons (Fsp3) is 0.667. The van der Waals surface area contributed by atoms with E-state index in [-0.39, 0.29) is 0 Å². The molecule has 1 aliphatic heterocycles. The van der Waals surface area contributed by atoms with E-state index in [1.165, 1.54) is 13.0 Å². The van der Waals surface area contributed by atoms with E-state index in [9.17, 15) is 0 Å². The maximum absolute atomic E-state index is 6.29. The highest BCUT2D eigenvalue weighted by Gasteiger charge is 2.14. The number of aromatic nitrogens is 1. The second-order valence-electron chi connectivity index (χ2n) is 5.48. The molecule has 0 unspecified atom stereocenters. The fourth-order valence-corrected chi connectivity index (χ4v) is 2.58. The largest absolute Gasteiger partial charge is 0.370 e. The Hall–Kier alpha value is -0.840. The summed E-state index contributed by atoms with van der Waals surface area (Å²) in [6, 6.07) is 3.91. The molecule has 5 heteroatoms. The van der Waals surface area contributed by atoms with Gasteiger partial charge in [0.15, 0.2) is 0 Å². The zero-order valence-electron chi connectivity index (χ0n) is 12.5. The highest BCUT2D eigenvalue weighted by atomic mass is 35.5. The molecule has 2 rings (SSSR count). The van der Waals surface area contributed by atoms with E-state index in [2.05, 4.69) is 34.1 Å². The van der Waals surface area contributed by atoms with E-state index in [1.54, 1.807) is 0 Å². The lowest BCUT2D eigenvalue weighted by Crippen LogP contribution is -2.29. The molecule has 0 aromatic carbocycles. The summed E-state index contributed by atoms with van der Waals surface area (Å²) < 4.78 is 0. The summed E-state index contributed by atoms with van der Waals surface area (Å²) in [5.74, 6) is 0.929. The second kappa shape index (κ2) is 7.81. The van der Waals surface area contributed by atoms with Gasteiger partial charge in [-0.15, -0.1) is 0 Å². The van der Waals surface area contributed by atoms with E-state index in [0.29, 0.717) is 0 Å². The van der Waals surface area contributed by atoms with Gasteiger partial charge in [0, 0.05) is 26.2 Å². The van der Waals surface area contributed by atoms with Crippen molar-refractivity contribution in [3.8, 4) is 0 Å². The van der Waals surface area contributed by atoms with Crippen LogP contribution in [0.15, 0.2) is 12.1 Å². The van der Waals surface area contributed by atoms with Crippen molar-refractivity contribution in [3.63, 3.8) is 0 Å². The van der Waals surface area contributed by atoms with Crippen molar-refractivity contribution in [1.82, 2.24) is 14.8 Å². The molecule has 2 heterocycles. The summed E-state index contributed by atoms with van der Waals surface area (Å²) in [6.07, 6.45) is 2.31. The van der Waals surface area contributed by atoms with Crippen LogP contribution >= 0.6 is 11.6 Å². The molecule has 0 saturated carbocycles. The van der Waals surface area contributed by atoms with Crippen LogP contribution in [0.5, 0.6) is 0 Å². The summed E-state index contributed by atoms with van der Waals surface area (Å²) in [5.41, 5.74) is 0.984. The monoisotopic (exact) mass is 296 g/mol. The minimum absolute atomic E-state index is 0.768. The zero-order valence-corrected chi connectivity index (χ0v) is 13.3. The maximum atomic E-state index is 6.29. The molecule has 1 saturated heterocycles. The molecular weight excluding hydrogens is 272 g/mol. The average molecular weight is 297 g/mol. The van der Waals surface area contributed by atoms with Crippen molar-refractivity contribution in [2.24, 2.45) is 0 Å². The Kier molecular flexibility index (Phi) is 6.07. The molecule has 20 heavy (non-hydrogen) atoms. The van der Waals surface area contributed by atoms with Crippen LogP contribution in [0.1, 0.15) is 25.5 Å². The maximum Gasteiger partial charge on any atom is 0.126 e. The second-order valence-corrected chi connectivity index (χ2v) is 5.89. The number of hydrogen-bond acceptors (Lipinski definition) is 4. The van der Waals surface area contributed by atoms with Crippen molar-refractivity contribution < 1.29 is 0 Å². The van der Waals surface area contributed by atoms with Crippen molar-refractivity contribution in [2.45, 2.75) is 26.3 Å². The number of pyridine rings is 1. The van der Waals surface area contributed by atoms with Crippen LogP contribution in [0.4, 0.5) is 5.82 Å². The standard InChI is InChI=1S/C15H25ClN4/c1-3-7-17-15-6-5-13(16)14(18-15)12-20-9-4-8-19(2)10-11-20/h5-6H,3-4,7-12H2,1-2H3,(H,17,18). The highest BCUT2D eigenvalue weighted by Crippen LogP contribution is 2.19. The molecule has 112 valence electrons. The van der Waals surface area contributed by atoms with E-state index in [4.69, 9.17) is 11.6 Å². The van der Waals surface area contributed by atoms with Gasteiger partial charge in [-0.1, -0.05) is 18.5 Å². The zero-order chi connectivity index (χ0) is 14.4. The van der Waals surface area contributed by atoms with E-state index < -0.39 is 0 Å². The van der Waals surface area contributed by atoms with Crippen LogP contribution in [-0.4, -0.2) is 54.6 Å². The van der Waals surface area contributed by atoms with Crippen LogP contribution < -0.4 is 5.32 Å². The Morgan fingerprint density at radius 3 is 2.90 bits per heavy atom. The third kappa shape index (κ3) is 4.62. The lowest BCUT2D eigenvalue weighted by atomic mass is 10.3. The molecule has 0 aliphatic carbocycles. The third-order valence-electron chi connectivity index (χ3n) is 3.66. The van der Waals surface area contributed by atoms with Gasteiger partial charge in [-0.05, 0) is 45.1 Å². The lowest BCUT2D eigenvalue weighted by molar-refractivity contribution is 0.266. The van der Waals surface area contributed by atoms with E-state index in [0.717, 1.165) is 55.7 Å². The van der Waals surface area contributed by atoms with Crippen LogP contribution in [-0.2, 0) is 6.54 Å². The minimum Gasteiger partial charge on any atom is -0.370 e. The highest BCUT2D eigenvalue weighted by molar-refractivity contribution is 6.31. The number of likely N-dealkylation sites (N-methyl/N-ethyl adjacent to an activating group) is 1. The molecule has 0 amide bonds. The van der Waals surface area contributed by atoms with Gasteiger partial charge in [0.2, 0.25) is 0 Å². The smallest absolute Gasteiger partial charge is 0.126 e. The molecular formula is C15H25ClN4. The van der Waals surface area contributed by atoms with E-state index in [1.807, 2.05) is 12.1 Å². The van der Waals surface area contributed by atoms with Crippen molar-refractivity contribution in [2.75, 3.05) is 45.1 Å². The molecule has 0 atom stereocenters. The molecule has 1 aromatic rings. The molecule has 1 aromatic heterocycles. The first-order valence-electron chi connectivity index (χ1n) is 7.49. The molecule has 1 aliphatic rings. The van der Waals surface area contributed by atoms with Crippen molar-refractivity contribution in [1.29, 1.82) is 0 Å². The van der Waals surface area contributed by atoms with Crippen LogP contribution in [0.2, 0.25) is 5.02 Å². The van der Waals surface area contributed by atoms with Crippen LogP contribution in [0.25, 0.3) is 0 Å². The van der Waals surface area contributed by atoms with Gasteiger partial charge in [-0.25, -0.2) is 4.98 Å². The first-order valence-corrected chi connectivity index (χ1v) is 7.87. The Morgan fingerprint density at radius 2 is 2.10 bits per heavy atom. The molecule has 1 N–H and O–H groups in total. The molecule has 0 radical (unpaired) electrons. The third-order valence-corrected chi connectivity index (χ3v) is 4.00. The van der Waals surface area contributed by atoms with Gasteiger partial charge in [0.25, 0.3) is 0 Å². The van der Waals surface area contributed by atoms with Gasteiger partial charge in [-0.3, -0.25) is 4.90 Å². The van der Waals surface area contributed by atoms with Gasteiger partial charge in [-0.2, -0.15) is 0 Å². The Morgan fingerprint density at radius 1 is 1.25 bits per heavy atom. The first-order chi connectivity index (χ1) is 9.69. The summed E-state index contributed by atoms with van der Waals surface area (Å²) in [5, 5.41) is 4.09. The quantitative estimate of drug-likeness (QED) is 0.905. The normalized spacial score (nSPS) is 17.9. The SMILES string of the molecule is CCCNc1ccc(Cl)c(CN2CCCN(C)CC2)n1. The fourth-order valence-electron chi connectivity index (χ4n) is 2.42. The van der Waals surface area contributed by atoms with Gasteiger partial charge in [0.05, 0.1) is 10.7 Å². The van der Waals surface area contributed by atoms with Crippen molar-refractivity contribution >= 4 is 17.4 Å². The number of rotatable bonds is 5. The van der Waals surface area contributed by atoms with Gasteiger partial charge in [0.1, 0.15) is 5.82 Å². The molecule has 1 fully saturated rings. The predicted octanol–water partition coefficient (Wildman–Crippen LogP) is 2.69.